The lowest BCUT2D eigenvalue weighted by Gasteiger charge is -2.22. The third kappa shape index (κ3) is 3.75. The third-order valence-electron chi connectivity index (χ3n) is 2.26. The Labute approximate surface area is 97.6 Å². The van der Waals surface area contributed by atoms with Crippen molar-refractivity contribution in [2.75, 3.05) is 13.2 Å². The molecule has 6 heteroatoms. The molecule has 0 aliphatic carbocycles. The van der Waals surface area contributed by atoms with E-state index in [1.807, 2.05) is 6.92 Å². The van der Waals surface area contributed by atoms with Crippen molar-refractivity contribution < 1.29 is 17.9 Å². The minimum Gasteiger partial charge on any atom is -0.465 e. The van der Waals surface area contributed by atoms with Gasteiger partial charge in [0.05, 0.1) is 6.61 Å². The number of unbranched alkanes of at least 4 members (excludes halogenated alkanes) is 1. The van der Waals surface area contributed by atoms with Crippen LogP contribution in [0.1, 0.15) is 40.5 Å². The van der Waals surface area contributed by atoms with Crippen molar-refractivity contribution in [1.82, 2.24) is 4.72 Å². The van der Waals surface area contributed by atoms with Crippen LogP contribution in [0, 0.1) is 0 Å². The van der Waals surface area contributed by atoms with Gasteiger partial charge in [0.25, 0.3) is 0 Å². The van der Waals surface area contributed by atoms with Gasteiger partial charge < -0.3 is 4.74 Å². The summed E-state index contributed by atoms with van der Waals surface area (Å²) in [5.41, 5.74) is 0. The second-order valence-corrected chi connectivity index (χ2v) is 6.30. The number of esters is 1. The van der Waals surface area contributed by atoms with Gasteiger partial charge in [-0.3, -0.25) is 4.79 Å². The number of sulfonamides is 1. The van der Waals surface area contributed by atoms with Gasteiger partial charge in [-0.1, -0.05) is 13.3 Å². The van der Waals surface area contributed by atoms with Crippen LogP contribution in [0.5, 0.6) is 0 Å². The summed E-state index contributed by atoms with van der Waals surface area (Å²) in [4.78, 5) is 11.5. The monoisotopic (exact) mass is 251 g/mol. The van der Waals surface area contributed by atoms with Crippen LogP contribution in [0.15, 0.2) is 0 Å². The molecule has 0 fully saturated rings. The second-order valence-electron chi connectivity index (χ2n) is 3.98. The van der Waals surface area contributed by atoms with E-state index in [1.54, 1.807) is 6.92 Å². The fourth-order valence-corrected chi connectivity index (χ4v) is 2.03. The van der Waals surface area contributed by atoms with E-state index in [0.29, 0.717) is 6.54 Å². The Morgan fingerprint density at radius 2 is 1.88 bits per heavy atom. The van der Waals surface area contributed by atoms with Gasteiger partial charge in [-0.05, 0) is 27.2 Å². The maximum Gasteiger partial charge on any atom is 0.328 e. The van der Waals surface area contributed by atoms with Crippen LogP contribution in [0.4, 0.5) is 0 Å². The van der Waals surface area contributed by atoms with E-state index < -0.39 is 20.7 Å². The van der Waals surface area contributed by atoms with Crippen LogP contribution in [0.3, 0.4) is 0 Å². The highest BCUT2D eigenvalue weighted by molar-refractivity contribution is 7.91. The molecular weight excluding hydrogens is 230 g/mol. The van der Waals surface area contributed by atoms with Gasteiger partial charge in [0, 0.05) is 6.54 Å². The molecule has 0 saturated heterocycles. The lowest BCUT2D eigenvalue weighted by Crippen LogP contribution is -2.48. The second kappa shape index (κ2) is 6.20. The summed E-state index contributed by atoms with van der Waals surface area (Å²) in [6, 6.07) is 0. The van der Waals surface area contributed by atoms with E-state index in [9.17, 15) is 13.2 Å². The molecule has 0 aromatic carbocycles. The zero-order chi connectivity index (χ0) is 12.8. The molecule has 0 radical (unpaired) electrons. The fraction of sp³-hybridized carbons (Fsp3) is 0.900. The summed E-state index contributed by atoms with van der Waals surface area (Å²) < 4.78 is 29.3. The van der Waals surface area contributed by atoms with Gasteiger partial charge in [-0.15, -0.1) is 0 Å². The summed E-state index contributed by atoms with van der Waals surface area (Å²) >= 11 is 0. The maximum atomic E-state index is 11.8. The lowest BCUT2D eigenvalue weighted by molar-refractivity contribution is -0.145. The van der Waals surface area contributed by atoms with Gasteiger partial charge in [0.1, 0.15) is 0 Å². The number of rotatable bonds is 7. The average molecular weight is 251 g/mol. The van der Waals surface area contributed by atoms with Crippen LogP contribution >= 0.6 is 0 Å². The van der Waals surface area contributed by atoms with Crippen molar-refractivity contribution in [3.63, 3.8) is 0 Å². The quantitative estimate of drug-likeness (QED) is 0.542. The highest BCUT2D eigenvalue weighted by Crippen LogP contribution is 2.17. The maximum absolute atomic E-state index is 11.8. The van der Waals surface area contributed by atoms with Crippen LogP contribution in [0.2, 0.25) is 0 Å². The van der Waals surface area contributed by atoms with Gasteiger partial charge in [0.2, 0.25) is 10.0 Å². The number of nitrogens with one attached hydrogen (secondary N) is 1. The predicted molar refractivity (Wildman–Crippen MR) is 62.5 cm³/mol. The Bertz CT molecular complexity index is 322. The standard InChI is InChI=1S/C10H21NO4S/c1-5-7-8-11-16(13,14)10(3,4)9(12)15-6-2/h11H,5-8H2,1-4H3. The van der Waals surface area contributed by atoms with Crippen molar-refractivity contribution >= 4 is 16.0 Å². The van der Waals surface area contributed by atoms with Crippen molar-refractivity contribution in [2.24, 2.45) is 0 Å². The first-order chi connectivity index (χ1) is 7.29. The predicted octanol–water partition coefficient (Wildman–Crippen LogP) is 1.05. The number of ether oxygens (including phenoxy) is 1. The van der Waals surface area contributed by atoms with E-state index in [4.69, 9.17) is 4.74 Å². The first-order valence-electron chi connectivity index (χ1n) is 5.46. The number of carbonyl (C=O) groups is 1. The topological polar surface area (TPSA) is 72.5 Å². The third-order valence-corrected chi connectivity index (χ3v) is 4.36. The van der Waals surface area contributed by atoms with Crippen molar-refractivity contribution in [3.8, 4) is 0 Å². The molecule has 0 bridgehead atoms. The number of carbonyl (C=O) groups excluding carboxylic acids is 1. The van der Waals surface area contributed by atoms with E-state index in [-0.39, 0.29) is 6.61 Å². The smallest absolute Gasteiger partial charge is 0.328 e. The highest BCUT2D eigenvalue weighted by atomic mass is 32.2. The summed E-state index contributed by atoms with van der Waals surface area (Å²) in [6.07, 6.45) is 1.64. The molecule has 0 aromatic rings. The molecule has 0 atom stereocenters. The van der Waals surface area contributed by atoms with Gasteiger partial charge >= 0.3 is 5.97 Å². The molecule has 0 aliphatic rings. The van der Waals surface area contributed by atoms with Crippen molar-refractivity contribution in [2.45, 2.75) is 45.3 Å². The molecule has 0 amide bonds. The van der Waals surface area contributed by atoms with Gasteiger partial charge in [-0.25, -0.2) is 13.1 Å². The molecule has 96 valence electrons. The van der Waals surface area contributed by atoms with Crippen LogP contribution in [-0.4, -0.2) is 32.3 Å². The summed E-state index contributed by atoms with van der Waals surface area (Å²) in [6.45, 7) is 6.82. The Kier molecular flexibility index (Phi) is 5.96. The molecule has 0 aliphatic heterocycles. The Morgan fingerprint density at radius 3 is 2.31 bits per heavy atom. The lowest BCUT2D eigenvalue weighted by atomic mass is 10.2. The largest absolute Gasteiger partial charge is 0.465 e. The molecule has 0 spiro atoms. The molecule has 0 heterocycles. The van der Waals surface area contributed by atoms with E-state index in [2.05, 4.69) is 4.72 Å². The first kappa shape index (κ1) is 15.4. The molecular formula is C10H21NO4S. The summed E-state index contributed by atoms with van der Waals surface area (Å²) in [7, 11) is -3.68. The van der Waals surface area contributed by atoms with E-state index in [1.165, 1.54) is 13.8 Å². The highest BCUT2D eigenvalue weighted by Gasteiger charge is 2.42. The Morgan fingerprint density at radius 1 is 1.31 bits per heavy atom. The molecule has 16 heavy (non-hydrogen) atoms. The minimum atomic E-state index is -3.68. The normalized spacial score (nSPS) is 12.5. The number of hydrogen-bond donors (Lipinski definition) is 1. The molecule has 1 N–H and O–H groups in total. The summed E-state index contributed by atoms with van der Waals surface area (Å²) in [5, 5.41) is 0. The van der Waals surface area contributed by atoms with Crippen LogP contribution < -0.4 is 4.72 Å². The molecule has 0 unspecified atom stereocenters. The number of hydrogen-bond acceptors (Lipinski definition) is 4. The zero-order valence-corrected chi connectivity index (χ0v) is 11.2. The Hall–Kier alpha value is -0.620. The molecule has 5 nitrogen and oxygen atoms in total. The van der Waals surface area contributed by atoms with Gasteiger partial charge in [0.15, 0.2) is 4.75 Å². The first-order valence-corrected chi connectivity index (χ1v) is 6.94. The molecule has 0 rings (SSSR count). The van der Waals surface area contributed by atoms with Crippen LogP contribution in [0.25, 0.3) is 0 Å². The van der Waals surface area contributed by atoms with Crippen molar-refractivity contribution in [1.29, 1.82) is 0 Å². The van der Waals surface area contributed by atoms with Crippen LogP contribution in [-0.2, 0) is 19.6 Å². The average Bonchev–Trinajstić information content (AvgIpc) is 2.18. The van der Waals surface area contributed by atoms with Gasteiger partial charge in [-0.2, -0.15) is 0 Å². The Balaban J connectivity index is 4.65. The summed E-state index contributed by atoms with van der Waals surface area (Å²) in [5.74, 6) is -0.723. The fourth-order valence-electron chi connectivity index (χ4n) is 0.978. The minimum absolute atomic E-state index is 0.173. The zero-order valence-electron chi connectivity index (χ0n) is 10.4. The van der Waals surface area contributed by atoms with E-state index in [0.717, 1.165) is 12.8 Å². The molecule has 0 saturated carbocycles. The SMILES string of the molecule is CCCCNS(=O)(=O)C(C)(C)C(=O)OCC. The van der Waals surface area contributed by atoms with E-state index >= 15 is 0 Å². The van der Waals surface area contributed by atoms with Crippen molar-refractivity contribution in [3.05, 3.63) is 0 Å². The molecule has 0 aromatic heterocycles.